The monoisotopic (exact) mass is 531 g/mol. The summed E-state index contributed by atoms with van der Waals surface area (Å²) in [5, 5.41) is 9.19. The Labute approximate surface area is 188 Å². The van der Waals surface area contributed by atoms with Crippen molar-refractivity contribution < 1.29 is 18.0 Å². The van der Waals surface area contributed by atoms with E-state index in [1.54, 1.807) is 7.05 Å². The van der Waals surface area contributed by atoms with Crippen LogP contribution in [0.5, 0.6) is 0 Å². The smallest absolute Gasteiger partial charge is 0.243 e. The van der Waals surface area contributed by atoms with Gasteiger partial charge in [-0.25, -0.2) is 13.2 Å². The average Bonchev–Trinajstić information content (AvgIpc) is 3.14. The molecule has 1 heterocycles. The van der Waals surface area contributed by atoms with E-state index in [1.165, 1.54) is 0 Å². The molecule has 1 amide bonds. The molecule has 2 aromatic carbocycles. The molecular weight excluding hydrogens is 510 g/mol. The lowest BCUT2D eigenvalue weighted by Gasteiger charge is -2.12. The lowest BCUT2D eigenvalue weighted by Crippen LogP contribution is -2.42. The average molecular weight is 531 g/mol. The van der Waals surface area contributed by atoms with Crippen LogP contribution in [0.1, 0.15) is 5.56 Å². The van der Waals surface area contributed by atoms with Gasteiger partial charge in [-0.05, 0) is 30.2 Å². The van der Waals surface area contributed by atoms with Crippen LogP contribution in [0.4, 0.5) is 18.9 Å². The molecule has 4 N–H and O–H groups in total. The number of carbonyl (C=O) groups is 1. The number of guanidine groups is 1. The fourth-order valence-electron chi connectivity index (χ4n) is 2.86. The lowest BCUT2D eigenvalue weighted by atomic mass is 10.1. The molecule has 0 radical (unpaired) electrons. The number of para-hydroxylation sites is 1. The molecule has 0 aliphatic heterocycles. The lowest BCUT2D eigenvalue weighted by molar-refractivity contribution is -0.115. The van der Waals surface area contributed by atoms with Crippen LogP contribution in [0.25, 0.3) is 10.9 Å². The Morgan fingerprint density at radius 2 is 1.83 bits per heavy atom. The molecule has 0 spiro atoms. The van der Waals surface area contributed by atoms with Gasteiger partial charge in [0.2, 0.25) is 5.91 Å². The first-order valence-electron chi connectivity index (χ1n) is 8.92. The van der Waals surface area contributed by atoms with Gasteiger partial charge in [0.1, 0.15) is 0 Å². The molecule has 0 fully saturated rings. The number of aromatic amines is 1. The highest BCUT2D eigenvalue weighted by Crippen LogP contribution is 2.19. The molecule has 3 aromatic rings. The molecule has 0 bridgehead atoms. The first-order chi connectivity index (χ1) is 14.0. The number of halogens is 4. The van der Waals surface area contributed by atoms with E-state index in [4.69, 9.17) is 0 Å². The summed E-state index contributed by atoms with van der Waals surface area (Å²) in [6.45, 7) is 0.339. The van der Waals surface area contributed by atoms with Crippen molar-refractivity contribution in [3.63, 3.8) is 0 Å². The summed E-state index contributed by atoms with van der Waals surface area (Å²) in [5.41, 5.74) is 1.78. The minimum Gasteiger partial charge on any atom is -0.361 e. The Morgan fingerprint density at radius 1 is 1.07 bits per heavy atom. The largest absolute Gasteiger partial charge is 0.361 e. The van der Waals surface area contributed by atoms with E-state index < -0.39 is 29.0 Å². The van der Waals surface area contributed by atoms with Crippen LogP contribution in [-0.2, 0) is 11.2 Å². The molecule has 3 rings (SSSR count). The summed E-state index contributed by atoms with van der Waals surface area (Å²) < 4.78 is 39.8. The number of amides is 1. The standard InChI is InChI=1S/C20H20F3N5O.HI/c1-24-20(25-9-8-12-10-26-15-5-3-2-4-13(12)15)27-11-17(29)28-16-7-6-14(21)18(22)19(16)23;/h2-7,10,26H,8-9,11H2,1H3,(H,28,29)(H2,24,25,27);1H. The molecule has 30 heavy (non-hydrogen) atoms. The molecular formula is C20H21F3IN5O. The zero-order chi connectivity index (χ0) is 20.8. The van der Waals surface area contributed by atoms with E-state index in [1.807, 2.05) is 30.5 Å². The highest BCUT2D eigenvalue weighted by Gasteiger charge is 2.15. The molecule has 0 atom stereocenters. The summed E-state index contributed by atoms with van der Waals surface area (Å²) in [4.78, 5) is 19.2. The van der Waals surface area contributed by atoms with Gasteiger partial charge < -0.3 is 20.9 Å². The number of hydrogen-bond donors (Lipinski definition) is 4. The van der Waals surface area contributed by atoms with Gasteiger partial charge in [0.25, 0.3) is 0 Å². The van der Waals surface area contributed by atoms with Gasteiger partial charge in [-0.3, -0.25) is 9.79 Å². The van der Waals surface area contributed by atoms with Crippen molar-refractivity contribution in [2.24, 2.45) is 4.99 Å². The minimum absolute atomic E-state index is 0. The second-order valence-corrected chi connectivity index (χ2v) is 6.23. The van der Waals surface area contributed by atoms with Crippen LogP contribution in [0.15, 0.2) is 47.6 Å². The molecule has 0 saturated heterocycles. The third kappa shape index (κ3) is 5.65. The quantitative estimate of drug-likeness (QED) is 0.170. The third-order valence-electron chi connectivity index (χ3n) is 4.31. The van der Waals surface area contributed by atoms with Gasteiger partial charge in [0.05, 0.1) is 12.2 Å². The topological polar surface area (TPSA) is 81.3 Å². The van der Waals surface area contributed by atoms with E-state index in [-0.39, 0.29) is 30.5 Å². The summed E-state index contributed by atoms with van der Waals surface area (Å²) in [7, 11) is 1.55. The van der Waals surface area contributed by atoms with Gasteiger partial charge in [-0.1, -0.05) is 18.2 Å². The Balaban J connectivity index is 0.00000320. The number of hydrogen-bond acceptors (Lipinski definition) is 2. The van der Waals surface area contributed by atoms with Crippen molar-refractivity contribution in [1.82, 2.24) is 15.6 Å². The van der Waals surface area contributed by atoms with Gasteiger partial charge in [0, 0.05) is 30.7 Å². The molecule has 0 saturated carbocycles. The van der Waals surface area contributed by atoms with Crippen LogP contribution < -0.4 is 16.0 Å². The Bertz CT molecular complexity index is 1050. The van der Waals surface area contributed by atoms with Crippen LogP contribution in [-0.4, -0.2) is 37.0 Å². The maximum Gasteiger partial charge on any atom is 0.243 e. The number of aliphatic imine (C=N–C) groups is 1. The number of rotatable bonds is 6. The summed E-state index contributed by atoms with van der Waals surface area (Å²) in [6.07, 6.45) is 2.68. The van der Waals surface area contributed by atoms with Crippen molar-refractivity contribution in [3.05, 3.63) is 65.6 Å². The number of carbonyl (C=O) groups excluding carboxylic acids is 1. The molecule has 0 unspecified atom stereocenters. The maximum absolute atomic E-state index is 13.6. The highest BCUT2D eigenvalue weighted by molar-refractivity contribution is 14.0. The molecule has 0 aliphatic rings. The molecule has 1 aromatic heterocycles. The van der Waals surface area contributed by atoms with Gasteiger partial charge >= 0.3 is 0 Å². The van der Waals surface area contributed by atoms with E-state index in [0.29, 0.717) is 12.5 Å². The number of nitrogens with one attached hydrogen (secondary N) is 4. The highest BCUT2D eigenvalue weighted by atomic mass is 127. The molecule has 6 nitrogen and oxygen atoms in total. The number of fused-ring (bicyclic) bond motifs is 1. The van der Waals surface area contributed by atoms with E-state index >= 15 is 0 Å². The molecule has 10 heteroatoms. The second-order valence-electron chi connectivity index (χ2n) is 6.23. The van der Waals surface area contributed by atoms with Gasteiger partial charge in [-0.15, -0.1) is 24.0 Å². The Kier molecular flexibility index (Phi) is 8.51. The Hall–Kier alpha value is -2.76. The fraction of sp³-hybridized carbons (Fsp3) is 0.200. The summed E-state index contributed by atoms with van der Waals surface area (Å²) in [5.74, 6) is -4.65. The third-order valence-corrected chi connectivity index (χ3v) is 4.31. The number of aromatic nitrogens is 1. The van der Waals surface area contributed by atoms with Crippen molar-refractivity contribution in [3.8, 4) is 0 Å². The zero-order valence-electron chi connectivity index (χ0n) is 16.1. The van der Waals surface area contributed by atoms with Crippen molar-refractivity contribution in [2.75, 3.05) is 25.5 Å². The summed E-state index contributed by atoms with van der Waals surface area (Å²) in [6, 6.07) is 9.68. The molecule has 0 aliphatic carbocycles. The first kappa shape index (κ1) is 23.5. The normalized spacial score (nSPS) is 11.1. The fourth-order valence-corrected chi connectivity index (χ4v) is 2.86. The number of nitrogens with zero attached hydrogens (tertiary/aromatic N) is 1. The van der Waals surface area contributed by atoms with Crippen molar-refractivity contribution in [1.29, 1.82) is 0 Å². The van der Waals surface area contributed by atoms with E-state index in [2.05, 4.69) is 25.9 Å². The van der Waals surface area contributed by atoms with Gasteiger partial charge in [-0.2, -0.15) is 0 Å². The maximum atomic E-state index is 13.6. The first-order valence-corrected chi connectivity index (χ1v) is 8.92. The SMILES string of the molecule is CN=C(NCCc1c[nH]c2ccccc12)NCC(=O)Nc1ccc(F)c(F)c1F.I. The van der Waals surface area contributed by atoms with Crippen LogP contribution in [0.3, 0.4) is 0 Å². The van der Waals surface area contributed by atoms with Gasteiger partial charge in [0.15, 0.2) is 23.4 Å². The predicted octanol–water partition coefficient (Wildman–Crippen LogP) is 3.55. The van der Waals surface area contributed by atoms with Crippen LogP contribution in [0, 0.1) is 17.5 Å². The van der Waals surface area contributed by atoms with E-state index in [0.717, 1.165) is 35.0 Å². The zero-order valence-corrected chi connectivity index (χ0v) is 18.4. The number of H-pyrrole nitrogens is 1. The number of anilines is 1. The van der Waals surface area contributed by atoms with Crippen LogP contribution >= 0.6 is 24.0 Å². The van der Waals surface area contributed by atoms with Crippen molar-refractivity contribution >= 4 is 52.4 Å². The van der Waals surface area contributed by atoms with E-state index in [9.17, 15) is 18.0 Å². The van der Waals surface area contributed by atoms with Crippen LogP contribution in [0.2, 0.25) is 0 Å². The Morgan fingerprint density at radius 3 is 2.60 bits per heavy atom. The predicted molar refractivity (Wildman–Crippen MR) is 122 cm³/mol. The second kappa shape index (κ2) is 10.9. The number of benzene rings is 2. The molecule has 160 valence electrons. The minimum atomic E-state index is -1.63. The van der Waals surface area contributed by atoms with Crippen molar-refractivity contribution in [2.45, 2.75) is 6.42 Å². The summed E-state index contributed by atoms with van der Waals surface area (Å²) >= 11 is 0.